The number of carbonyl (C=O) groups is 1. The normalized spacial score (nSPS) is 15.1. The van der Waals surface area contributed by atoms with Gasteiger partial charge in [0, 0.05) is 11.1 Å². The largest absolute Gasteiger partial charge is 0.496 e. The number of fused-ring (bicyclic) bond motifs is 1. The number of hydrogen-bond donors (Lipinski definition) is 0. The molecule has 27 heavy (non-hydrogen) atoms. The molecule has 1 aliphatic heterocycles. The molecule has 0 amide bonds. The summed E-state index contributed by atoms with van der Waals surface area (Å²) >= 11 is 0. The maximum Gasteiger partial charge on any atom is 0.363 e. The van der Waals surface area contributed by atoms with E-state index in [4.69, 9.17) is 9.47 Å². The van der Waals surface area contributed by atoms with Gasteiger partial charge >= 0.3 is 5.97 Å². The molecule has 0 radical (unpaired) electrons. The van der Waals surface area contributed by atoms with E-state index in [1.165, 1.54) is 5.56 Å². The third kappa shape index (κ3) is 3.10. The van der Waals surface area contributed by atoms with Crippen LogP contribution in [0, 0.1) is 13.8 Å². The number of benzene rings is 3. The van der Waals surface area contributed by atoms with E-state index in [1.807, 2.05) is 68.4 Å². The van der Waals surface area contributed by atoms with Crippen molar-refractivity contribution in [2.45, 2.75) is 13.8 Å². The number of esters is 1. The van der Waals surface area contributed by atoms with Gasteiger partial charge in [0.05, 0.1) is 7.11 Å². The summed E-state index contributed by atoms with van der Waals surface area (Å²) < 4.78 is 10.9. The van der Waals surface area contributed by atoms with E-state index < -0.39 is 5.97 Å². The molecule has 134 valence electrons. The SMILES string of the molecule is COc1ccc2ccccc2c1C=C1N=C(c2ccc(C)c(C)c2)OC1=O. The number of carbonyl (C=O) groups excluding carboxylic acids is 1. The summed E-state index contributed by atoms with van der Waals surface area (Å²) in [5.74, 6) is 0.551. The lowest BCUT2D eigenvalue weighted by Crippen LogP contribution is -2.05. The maximum atomic E-state index is 12.4. The van der Waals surface area contributed by atoms with Crippen LogP contribution in [-0.2, 0) is 9.53 Å². The van der Waals surface area contributed by atoms with Gasteiger partial charge in [0.25, 0.3) is 0 Å². The van der Waals surface area contributed by atoms with Crippen molar-refractivity contribution in [1.82, 2.24) is 0 Å². The third-order valence-corrected chi connectivity index (χ3v) is 4.81. The Hall–Kier alpha value is -3.40. The fourth-order valence-corrected chi connectivity index (χ4v) is 3.15. The zero-order valence-electron chi connectivity index (χ0n) is 15.4. The molecule has 0 fully saturated rings. The van der Waals surface area contributed by atoms with Crippen molar-refractivity contribution in [3.63, 3.8) is 0 Å². The van der Waals surface area contributed by atoms with Gasteiger partial charge in [-0.25, -0.2) is 9.79 Å². The van der Waals surface area contributed by atoms with E-state index in [0.29, 0.717) is 11.6 Å². The summed E-state index contributed by atoms with van der Waals surface area (Å²) in [6.07, 6.45) is 1.73. The van der Waals surface area contributed by atoms with Crippen molar-refractivity contribution in [1.29, 1.82) is 0 Å². The molecule has 4 heteroatoms. The zero-order valence-corrected chi connectivity index (χ0v) is 15.4. The third-order valence-electron chi connectivity index (χ3n) is 4.81. The molecule has 0 spiro atoms. The molecular weight excluding hydrogens is 338 g/mol. The lowest BCUT2D eigenvalue weighted by Gasteiger charge is -2.08. The van der Waals surface area contributed by atoms with Gasteiger partial charge in [0.1, 0.15) is 5.75 Å². The molecule has 1 aliphatic rings. The van der Waals surface area contributed by atoms with E-state index in [1.54, 1.807) is 13.2 Å². The van der Waals surface area contributed by atoms with Gasteiger partial charge in [-0.15, -0.1) is 0 Å². The minimum Gasteiger partial charge on any atom is -0.496 e. The fraction of sp³-hybridized carbons (Fsp3) is 0.130. The van der Waals surface area contributed by atoms with E-state index in [0.717, 1.165) is 27.5 Å². The predicted molar refractivity (Wildman–Crippen MR) is 107 cm³/mol. The maximum absolute atomic E-state index is 12.4. The highest BCUT2D eigenvalue weighted by Crippen LogP contribution is 2.31. The Kier molecular flexibility index (Phi) is 4.24. The van der Waals surface area contributed by atoms with Gasteiger partial charge in [0.2, 0.25) is 5.90 Å². The van der Waals surface area contributed by atoms with Crippen LogP contribution >= 0.6 is 0 Å². The summed E-state index contributed by atoms with van der Waals surface area (Å²) in [6, 6.07) is 17.7. The molecule has 3 aromatic rings. The molecule has 4 nitrogen and oxygen atoms in total. The average Bonchev–Trinajstić information content (AvgIpc) is 3.05. The fourth-order valence-electron chi connectivity index (χ4n) is 3.15. The molecule has 1 heterocycles. The Morgan fingerprint density at radius 3 is 2.59 bits per heavy atom. The number of methoxy groups -OCH3 is 1. The van der Waals surface area contributed by atoms with Crippen LogP contribution < -0.4 is 4.74 Å². The number of hydrogen-bond acceptors (Lipinski definition) is 4. The molecule has 0 bridgehead atoms. The molecule has 0 N–H and O–H groups in total. The molecule has 0 aromatic heterocycles. The number of aryl methyl sites for hydroxylation is 2. The van der Waals surface area contributed by atoms with Crippen molar-refractivity contribution in [2.75, 3.05) is 7.11 Å². The highest BCUT2D eigenvalue weighted by Gasteiger charge is 2.25. The smallest absolute Gasteiger partial charge is 0.363 e. The second-order valence-corrected chi connectivity index (χ2v) is 6.54. The van der Waals surface area contributed by atoms with E-state index in [9.17, 15) is 4.79 Å². The first-order chi connectivity index (χ1) is 13.1. The van der Waals surface area contributed by atoms with E-state index in [2.05, 4.69) is 4.99 Å². The molecule has 3 aromatic carbocycles. The predicted octanol–water partition coefficient (Wildman–Crippen LogP) is 4.81. The van der Waals surface area contributed by atoms with Gasteiger partial charge in [-0.2, -0.15) is 0 Å². The summed E-state index contributed by atoms with van der Waals surface area (Å²) in [4.78, 5) is 16.8. The highest BCUT2D eigenvalue weighted by atomic mass is 16.6. The summed E-state index contributed by atoms with van der Waals surface area (Å²) in [6.45, 7) is 4.06. The van der Waals surface area contributed by atoms with E-state index in [-0.39, 0.29) is 5.70 Å². The lowest BCUT2D eigenvalue weighted by atomic mass is 10.0. The first-order valence-electron chi connectivity index (χ1n) is 8.73. The van der Waals surface area contributed by atoms with Crippen LogP contribution in [0.15, 0.2) is 65.3 Å². The number of ether oxygens (including phenoxy) is 2. The molecular formula is C23H19NO3. The first kappa shape index (κ1) is 17.0. The molecule has 4 rings (SSSR count). The number of aliphatic imine (C=N–C) groups is 1. The Bertz CT molecular complexity index is 1130. The molecule has 0 aliphatic carbocycles. The molecule has 0 saturated carbocycles. The Labute approximate surface area is 157 Å². The van der Waals surface area contributed by atoms with Crippen LogP contribution in [0.3, 0.4) is 0 Å². The van der Waals surface area contributed by atoms with Gasteiger partial charge in [-0.05, 0) is 60.0 Å². The highest BCUT2D eigenvalue weighted by molar-refractivity contribution is 6.13. The second kappa shape index (κ2) is 6.72. The minimum atomic E-state index is -0.460. The van der Waals surface area contributed by atoms with Crippen molar-refractivity contribution in [3.8, 4) is 5.75 Å². The van der Waals surface area contributed by atoms with Crippen LogP contribution in [0.4, 0.5) is 0 Å². The van der Waals surface area contributed by atoms with Crippen LogP contribution in [0.25, 0.3) is 16.8 Å². The average molecular weight is 357 g/mol. The van der Waals surface area contributed by atoms with Crippen molar-refractivity contribution in [2.24, 2.45) is 4.99 Å². The lowest BCUT2D eigenvalue weighted by molar-refractivity contribution is -0.129. The van der Waals surface area contributed by atoms with Crippen molar-refractivity contribution < 1.29 is 14.3 Å². The standard InChI is InChI=1S/C23H19NO3/c1-14-8-9-17(12-15(14)2)22-24-20(23(25)27-22)13-19-18-7-5-4-6-16(18)10-11-21(19)26-3/h4-13H,1-3H3. The summed E-state index contributed by atoms with van der Waals surface area (Å²) in [5.41, 5.74) is 4.17. The first-order valence-corrected chi connectivity index (χ1v) is 8.73. The van der Waals surface area contributed by atoms with Gasteiger partial charge in [-0.1, -0.05) is 36.4 Å². The Balaban J connectivity index is 1.82. The number of nitrogens with zero attached hydrogens (tertiary/aromatic N) is 1. The summed E-state index contributed by atoms with van der Waals surface area (Å²) in [7, 11) is 1.61. The quantitative estimate of drug-likeness (QED) is 0.499. The van der Waals surface area contributed by atoms with Crippen molar-refractivity contribution in [3.05, 3.63) is 82.5 Å². The molecule has 0 saturated heterocycles. The van der Waals surface area contributed by atoms with Gasteiger partial charge in [0.15, 0.2) is 5.70 Å². The molecule has 0 unspecified atom stereocenters. The molecule has 0 atom stereocenters. The van der Waals surface area contributed by atoms with Gasteiger partial charge in [-0.3, -0.25) is 0 Å². The van der Waals surface area contributed by atoms with Crippen LogP contribution in [0.1, 0.15) is 22.3 Å². The zero-order chi connectivity index (χ0) is 19.0. The van der Waals surface area contributed by atoms with E-state index >= 15 is 0 Å². The number of rotatable bonds is 3. The second-order valence-electron chi connectivity index (χ2n) is 6.54. The topological polar surface area (TPSA) is 47.9 Å². The van der Waals surface area contributed by atoms with Crippen molar-refractivity contribution >= 4 is 28.7 Å². The Morgan fingerprint density at radius 1 is 1.00 bits per heavy atom. The van der Waals surface area contributed by atoms with Gasteiger partial charge < -0.3 is 9.47 Å². The van der Waals surface area contributed by atoms with Crippen LogP contribution in [0.5, 0.6) is 5.75 Å². The Morgan fingerprint density at radius 2 is 1.81 bits per heavy atom. The minimum absolute atomic E-state index is 0.262. The number of cyclic esters (lactones) is 1. The monoisotopic (exact) mass is 357 g/mol. The summed E-state index contributed by atoms with van der Waals surface area (Å²) in [5, 5.41) is 2.06. The van der Waals surface area contributed by atoms with Crippen LogP contribution in [-0.4, -0.2) is 19.0 Å². The van der Waals surface area contributed by atoms with Crippen LogP contribution in [0.2, 0.25) is 0 Å².